The van der Waals surface area contributed by atoms with Crippen LogP contribution in [0.5, 0.6) is 0 Å². The van der Waals surface area contributed by atoms with Gasteiger partial charge in [0.1, 0.15) is 5.82 Å². The first-order valence-corrected chi connectivity index (χ1v) is 5.77. The molecule has 17 heavy (non-hydrogen) atoms. The van der Waals surface area contributed by atoms with Crippen LogP contribution in [0.25, 0.3) is 0 Å². The summed E-state index contributed by atoms with van der Waals surface area (Å²) in [7, 11) is 0. The highest BCUT2D eigenvalue weighted by Crippen LogP contribution is 2.23. The topological polar surface area (TPSA) is 79.4 Å². The van der Waals surface area contributed by atoms with Crippen molar-refractivity contribution in [1.82, 2.24) is 25.1 Å². The molecule has 0 aromatic carbocycles. The van der Waals surface area contributed by atoms with E-state index in [0.717, 1.165) is 12.2 Å². The van der Waals surface area contributed by atoms with E-state index in [1.807, 2.05) is 6.92 Å². The van der Waals surface area contributed by atoms with Gasteiger partial charge in [0, 0.05) is 12.4 Å². The minimum absolute atomic E-state index is 0.0322. The molecule has 2 N–H and O–H groups in total. The standard InChI is InChI=1S/C9H10Cl2N6/c1-2-5(7-12-3-4-13-7)14-8-6(10)16-17-9(11)15-8/h3-5H,2H2,1H3,(H,12,13)(H,14,15,17). The molecule has 0 fully saturated rings. The number of nitrogens with zero attached hydrogens (tertiary/aromatic N) is 4. The monoisotopic (exact) mass is 272 g/mol. The number of hydrogen-bond acceptors (Lipinski definition) is 5. The predicted octanol–water partition coefficient (Wildman–Crippen LogP) is 2.46. The van der Waals surface area contributed by atoms with Gasteiger partial charge in [0.05, 0.1) is 6.04 Å². The molecule has 0 saturated carbocycles. The maximum absolute atomic E-state index is 5.87. The van der Waals surface area contributed by atoms with Crippen LogP contribution in [0, 0.1) is 0 Å². The number of hydrogen-bond donors (Lipinski definition) is 2. The van der Waals surface area contributed by atoms with Crippen LogP contribution in [0.4, 0.5) is 5.82 Å². The van der Waals surface area contributed by atoms with Crippen LogP contribution in [0.1, 0.15) is 25.2 Å². The molecule has 0 radical (unpaired) electrons. The summed E-state index contributed by atoms with van der Waals surface area (Å²) < 4.78 is 0. The number of nitrogens with one attached hydrogen (secondary N) is 2. The second-order valence-corrected chi connectivity index (χ2v) is 4.00. The number of aromatic amines is 1. The molecule has 2 heterocycles. The Balaban J connectivity index is 2.21. The van der Waals surface area contributed by atoms with Crippen LogP contribution in [0.3, 0.4) is 0 Å². The van der Waals surface area contributed by atoms with Crippen LogP contribution in [0.2, 0.25) is 10.4 Å². The molecule has 0 saturated heterocycles. The van der Waals surface area contributed by atoms with Crippen LogP contribution >= 0.6 is 23.2 Å². The van der Waals surface area contributed by atoms with Gasteiger partial charge in [-0.05, 0) is 18.0 Å². The normalized spacial score (nSPS) is 12.4. The highest BCUT2D eigenvalue weighted by atomic mass is 35.5. The summed E-state index contributed by atoms with van der Waals surface area (Å²) >= 11 is 11.5. The zero-order valence-corrected chi connectivity index (χ0v) is 10.5. The highest BCUT2D eigenvalue weighted by molar-refractivity contribution is 6.32. The molecule has 1 unspecified atom stereocenters. The van der Waals surface area contributed by atoms with E-state index in [1.54, 1.807) is 12.4 Å². The molecule has 2 aromatic rings. The molecule has 0 spiro atoms. The Morgan fingerprint density at radius 1 is 1.41 bits per heavy atom. The molecule has 0 aliphatic carbocycles. The van der Waals surface area contributed by atoms with Crippen molar-refractivity contribution in [2.75, 3.05) is 5.32 Å². The molecule has 0 bridgehead atoms. The lowest BCUT2D eigenvalue weighted by Gasteiger charge is -2.15. The SMILES string of the molecule is CCC(Nc1nc(Cl)nnc1Cl)c1ncc[nH]1. The van der Waals surface area contributed by atoms with Crippen LogP contribution in [-0.2, 0) is 0 Å². The smallest absolute Gasteiger partial charge is 0.245 e. The zero-order chi connectivity index (χ0) is 12.3. The molecule has 90 valence electrons. The number of halogens is 2. The Labute approximate surface area is 108 Å². The number of rotatable bonds is 4. The highest BCUT2D eigenvalue weighted by Gasteiger charge is 2.15. The van der Waals surface area contributed by atoms with Gasteiger partial charge in [0.25, 0.3) is 0 Å². The summed E-state index contributed by atoms with van der Waals surface area (Å²) in [5.74, 6) is 1.20. The van der Waals surface area contributed by atoms with Gasteiger partial charge >= 0.3 is 0 Å². The van der Waals surface area contributed by atoms with Crippen molar-refractivity contribution in [3.63, 3.8) is 0 Å². The van der Waals surface area contributed by atoms with Crippen molar-refractivity contribution in [2.24, 2.45) is 0 Å². The number of imidazole rings is 1. The number of aromatic nitrogens is 5. The fourth-order valence-corrected chi connectivity index (χ4v) is 1.64. The minimum atomic E-state index is -0.0322. The van der Waals surface area contributed by atoms with E-state index < -0.39 is 0 Å². The third kappa shape index (κ3) is 2.83. The van der Waals surface area contributed by atoms with Crippen LogP contribution in [0.15, 0.2) is 12.4 Å². The van der Waals surface area contributed by atoms with E-state index in [2.05, 4.69) is 30.5 Å². The molecule has 2 rings (SSSR count). The summed E-state index contributed by atoms with van der Waals surface area (Å²) in [5.41, 5.74) is 0. The molecular weight excluding hydrogens is 263 g/mol. The van der Waals surface area contributed by atoms with Crippen molar-refractivity contribution in [3.05, 3.63) is 28.7 Å². The van der Waals surface area contributed by atoms with Crippen molar-refractivity contribution in [2.45, 2.75) is 19.4 Å². The average Bonchev–Trinajstić information content (AvgIpc) is 2.84. The molecule has 8 heteroatoms. The summed E-state index contributed by atoms with van der Waals surface area (Å²) in [4.78, 5) is 11.2. The van der Waals surface area contributed by atoms with Gasteiger partial charge in [0.2, 0.25) is 5.28 Å². The maximum atomic E-state index is 5.87. The Kier molecular flexibility index (Phi) is 3.75. The minimum Gasteiger partial charge on any atom is -0.357 e. The Bertz CT molecular complexity index is 486. The lowest BCUT2D eigenvalue weighted by atomic mass is 10.2. The molecule has 0 amide bonds. The van der Waals surface area contributed by atoms with Gasteiger partial charge in [-0.25, -0.2) is 4.98 Å². The van der Waals surface area contributed by atoms with Gasteiger partial charge in [-0.2, -0.15) is 4.98 Å². The number of anilines is 1. The second kappa shape index (κ2) is 5.29. The average molecular weight is 273 g/mol. The number of H-pyrrole nitrogens is 1. The quantitative estimate of drug-likeness (QED) is 0.894. The molecule has 6 nitrogen and oxygen atoms in total. The van der Waals surface area contributed by atoms with Crippen molar-refractivity contribution >= 4 is 29.0 Å². The van der Waals surface area contributed by atoms with E-state index in [4.69, 9.17) is 23.2 Å². The summed E-state index contributed by atoms with van der Waals surface area (Å²) in [6.45, 7) is 2.02. The molecule has 1 atom stereocenters. The van der Waals surface area contributed by atoms with Gasteiger partial charge in [0.15, 0.2) is 11.0 Å². The van der Waals surface area contributed by atoms with E-state index in [0.29, 0.717) is 5.82 Å². The van der Waals surface area contributed by atoms with Gasteiger partial charge in [-0.15, -0.1) is 10.2 Å². The van der Waals surface area contributed by atoms with E-state index in [9.17, 15) is 0 Å². The third-order valence-corrected chi connectivity index (χ3v) is 2.60. The molecule has 0 aliphatic rings. The lowest BCUT2D eigenvalue weighted by Crippen LogP contribution is -2.13. The van der Waals surface area contributed by atoms with Crippen molar-refractivity contribution in [3.8, 4) is 0 Å². The summed E-state index contributed by atoms with van der Waals surface area (Å²) in [6, 6.07) is -0.0322. The van der Waals surface area contributed by atoms with E-state index in [1.165, 1.54) is 0 Å². The fourth-order valence-electron chi connectivity index (χ4n) is 1.38. The van der Waals surface area contributed by atoms with E-state index >= 15 is 0 Å². The van der Waals surface area contributed by atoms with Crippen molar-refractivity contribution < 1.29 is 0 Å². The maximum Gasteiger partial charge on any atom is 0.245 e. The van der Waals surface area contributed by atoms with Crippen LogP contribution < -0.4 is 5.32 Å². The van der Waals surface area contributed by atoms with Gasteiger partial charge in [-0.3, -0.25) is 0 Å². The Hall–Kier alpha value is -1.40. The summed E-state index contributed by atoms with van der Waals surface area (Å²) in [5, 5.41) is 10.6. The lowest BCUT2D eigenvalue weighted by molar-refractivity contribution is 0.698. The Morgan fingerprint density at radius 3 is 2.88 bits per heavy atom. The zero-order valence-electron chi connectivity index (χ0n) is 8.98. The largest absolute Gasteiger partial charge is 0.357 e. The molecular formula is C9H10Cl2N6. The van der Waals surface area contributed by atoms with Gasteiger partial charge in [-0.1, -0.05) is 18.5 Å². The van der Waals surface area contributed by atoms with E-state index in [-0.39, 0.29) is 16.5 Å². The Morgan fingerprint density at radius 2 is 2.24 bits per heavy atom. The fraction of sp³-hybridized carbons (Fsp3) is 0.333. The second-order valence-electron chi connectivity index (χ2n) is 3.30. The van der Waals surface area contributed by atoms with Gasteiger partial charge < -0.3 is 10.3 Å². The molecule has 0 aliphatic heterocycles. The predicted molar refractivity (Wildman–Crippen MR) is 65.1 cm³/mol. The first-order chi connectivity index (χ1) is 8.20. The van der Waals surface area contributed by atoms with Crippen molar-refractivity contribution in [1.29, 1.82) is 0 Å². The first kappa shape index (κ1) is 12.1. The summed E-state index contributed by atoms with van der Waals surface area (Å²) in [6.07, 6.45) is 4.25. The van der Waals surface area contributed by atoms with Crippen LogP contribution in [-0.4, -0.2) is 25.1 Å². The third-order valence-electron chi connectivity index (χ3n) is 2.19. The first-order valence-electron chi connectivity index (χ1n) is 5.02. The molecule has 2 aromatic heterocycles.